The zero-order valence-corrected chi connectivity index (χ0v) is 21.4. The lowest BCUT2D eigenvalue weighted by molar-refractivity contribution is -0.141. The summed E-state index contributed by atoms with van der Waals surface area (Å²) in [5.74, 6) is -0.152. The lowest BCUT2D eigenvalue weighted by Crippen LogP contribution is -2.37. The molecule has 3 aromatic rings. The molecule has 0 amide bonds. The van der Waals surface area contributed by atoms with Gasteiger partial charge in [-0.1, -0.05) is 0 Å². The van der Waals surface area contributed by atoms with Crippen LogP contribution in [0.15, 0.2) is 42.5 Å². The summed E-state index contributed by atoms with van der Waals surface area (Å²) in [6.07, 6.45) is 0. The van der Waals surface area contributed by atoms with Crippen molar-refractivity contribution in [2.24, 2.45) is 11.8 Å². The van der Waals surface area contributed by atoms with E-state index in [2.05, 4.69) is 5.32 Å². The first-order valence-electron chi connectivity index (χ1n) is 11.8. The Bertz CT molecular complexity index is 1390. The SMILES string of the molecule is COc1cc([C@@H]2c3cc4c(cc3[C@@H](Nc3cc(N)ccc3O)[C@H]3COC(=O)[C@H]23)OCO4)cc(OC)c1O.Cl. The molecule has 1 aliphatic carbocycles. The normalized spacial score (nSPS) is 22.5. The Kier molecular flexibility index (Phi) is 6.44. The molecule has 5 N–H and O–H groups in total. The van der Waals surface area contributed by atoms with Gasteiger partial charge in [-0.05, 0) is 59.2 Å². The van der Waals surface area contributed by atoms with Gasteiger partial charge < -0.3 is 44.9 Å². The minimum absolute atomic E-state index is 0. The van der Waals surface area contributed by atoms with Gasteiger partial charge in [-0.3, -0.25) is 4.79 Å². The highest BCUT2D eigenvalue weighted by Crippen LogP contribution is 2.56. The van der Waals surface area contributed by atoms with Gasteiger partial charge in [0.1, 0.15) is 5.75 Å². The molecule has 0 bridgehead atoms. The summed E-state index contributed by atoms with van der Waals surface area (Å²) in [6, 6.07) is 11.6. The first-order chi connectivity index (χ1) is 17.9. The maximum atomic E-state index is 13.2. The number of esters is 1. The number of cyclic esters (lactones) is 1. The number of carbonyl (C=O) groups is 1. The molecular weight excluding hydrogens is 516 g/mol. The molecule has 1 saturated heterocycles. The molecule has 0 spiro atoms. The van der Waals surface area contributed by atoms with Crippen LogP contribution in [0.2, 0.25) is 0 Å². The van der Waals surface area contributed by atoms with E-state index in [1.54, 1.807) is 24.3 Å². The Morgan fingerprint density at radius 3 is 2.26 bits per heavy atom. The van der Waals surface area contributed by atoms with Crippen LogP contribution >= 0.6 is 12.4 Å². The molecule has 0 unspecified atom stereocenters. The summed E-state index contributed by atoms with van der Waals surface area (Å²) >= 11 is 0. The van der Waals surface area contributed by atoms with Gasteiger partial charge in [0.15, 0.2) is 23.0 Å². The van der Waals surface area contributed by atoms with Crippen LogP contribution in [0, 0.1) is 11.8 Å². The molecule has 0 saturated carbocycles. The number of anilines is 2. The number of nitrogen functional groups attached to an aromatic ring is 1. The predicted octanol–water partition coefficient (Wildman–Crippen LogP) is 3.94. The number of phenols is 2. The number of ether oxygens (including phenoxy) is 5. The first kappa shape index (κ1) is 25.5. The minimum atomic E-state index is -0.576. The third-order valence-electron chi connectivity index (χ3n) is 7.38. The number of methoxy groups -OCH3 is 2. The number of nitrogens with two attached hydrogens (primary N) is 1. The Labute approximate surface area is 224 Å². The predicted molar refractivity (Wildman–Crippen MR) is 140 cm³/mol. The minimum Gasteiger partial charge on any atom is -0.506 e. The van der Waals surface area contributed by atoms with E-state index in [1.165, 1.54) is 20.3 Å². The quantitative estimate of drug-likeness (QED) is 0.162. The number of carbonyl (C=O) groups excluding carboxylic acids is 1. The van der Waals surface area contributed by atoms with Crippen molar-refractivity contribution in [3.63, 3.8) is 0 Å². The summed E-state index contributed by atoms with van der Waals surface area (Å²) in [5.41, 5.74) is 9.31. The van der Waals surface area contributed by atoms with Crippen molar-refractivity contribution in [2.45, 2.75) is 12.0 Å². The van der Waals surface area contributed by atoms with Crippen molar-refractivity contribution in [2.75, 3.05) is 38.7 Å². The van der Waals surface area contributed by atoms with Gasteiger partial charge in [0.25, 0.3) is 0 Å². The van der Waals surface area contributed by atoms with Gasteiger partial charge in [-0.15, -0.1) is 12.4 Å². The average molecular weight is 543 g/mol. The number of nitrogens with one attached hydrogen (secondary N) is 1. The Morgan fingerprint density at radius 1 is 0.947 bits per heavy atom. The van der Waals surface area contributed by atoms with Crippen LogP contribution in [0.25, 0.3) is 0 Å². The lowest BCUT2D eigenvalue weighted by atomic mass is 9.65. The summed E-state index contributed by atoms with van der Waals surface area (Å²) in [5, 5.41) is 24.4. The van der Waals surface area contributed by atoms with Crippen molar-refractivity contribution >= 4 is 29.8 Å². The first-order valence-corrected chi connectivity index (χ1v) is 11.8. The second-order valence-corrected chi connectivity index (χ2v) is 9.30. The number of fused-ring (bicyclic) bond motifs is 3. The zero-order chi connectivity index (χ0) is 25.8. The van der Waals surface area contributed by atoms with E-state index < -0.39 is 17.9 Å². The van der Waals surface area contributed by atoms with E-state index in [4.69, 9.17) is 29.4 Å². The summed E-state index contributed by atoms with van der Waals surface area (Å²) in [7, 11) is 2.91. The third kappa shape index (κ3) is 3.92. The van der Waals surface area contributed by atoms with Crippen LogP contribution in [0.4, 0.5) is 11.4 Å². The van der Waals surface area contributed by atoms with Crippen molar-refractivity contribution in [3.05, 3.63) is 59.2 Å². The smallest absolute Gasteiger partial charge is 0.310 e. The van der Waals surface area contributed by atoms with Gasteiger partial charge in [0.2, 0.25) is 12.5 Å². The highest BCUT2D eigenvalue weighted by molar-refractivity contribution is 5.85. The molecule has 0 aromatic heterocycles. The lowest BCUT2D eigenvalue weighted by Gasteiger charge is -2.40. The van der Waals surface area contributed by atoms with Crippen molar-refractivity contribution in [1.29, 1.82) is 0 Å². The average Bonchev–Trinajstić information content (AvgIpc) is 3.51. The van der Waals surface area contributed by atoms with E-state index >= 15 is 0 Å². The number of benzene rings is 3. The fraction of sp³-hybridized carbons (Fsp3) is 0.296. The third-order valence-corrected chi connectivity index (χ3v) is 7.38. The summed E-state index contributed by atoms with van der Waals surface area (Å²) in [6.45, 7) is 0.272. The molecule has 3 aliphatic rings. The number of hydrogen-bond acceptors (Lipinski definition) is 10. The molecule has 38 heavy (non-hydrogen) atoms. The number of aromatic hydroxyl groups is 2. The van der Waals surface area contributed by atoms with Crippen LogP contribution in [0.3, 0.4) is 0 Å². The molecule has 10 nitrogen and oxygen atoms in total. The Hall–Kier alpha value is -4.18. The van der Waals surface area contributed by atoms with Gasteiger partial charge in [-0.2, -0.15) is 0 Å². The molecule has 200 valence electrons. The van der Waals surface area contributed by atoms with E-state index in [9.17, 15) is 15.0 Å². The van der Waals surface area contributed by atoms with Gasteiger partial charge in [-0.25, -0.2) is 0 Å². The maximum Gasteiger partial charge on any atom is 0.310 e. The van der Waals surface area contributed by atoms with Crippen molar-refractivity contribution < 1.29 is 38.7 Å². The van der Waals surface area contributed by atoms with E-state index in [0.717, 1.165) is 11.1 Å². The Balaban J connectivity index is 0.00000294. The number of hydrogen-bond donors (Lipinski definition) is 4. The standard InChI is InChI=1S/C27H26N2O8.ClH/c1-33-21-5-12(6-22(34-2)26(21)31)23-14-8-19-20(37-11-36-19)9-15(14)25(16-10-35-27(32)24(16)23)29-17-7-13(28)3-4-18(17)30;/h3-9,16,23-25,29-31H,10-11,28H2,1-2H3;1H/t16-,23+,24-,25+;/m0./s1. The van der Waals surface area contributed by atoms with Crippen molar-refractivity contribution in [1.82, 2.24) is 0 Å². The molecule has 6 rings (SSSR count). The van der Waals surface area contributed by atoms with Gasteiger partial charge >= 0.3 is 5.97 Å². The summed E-state index contributed by atoms with van der Waals surface area (Å²) < 4.78 is 27.8. The van der Waals surface area contributed by atoms with E-state index in [1.807, 2.05) is 12.1 Å². The monoisotopic (exact) mass is 542 g/mol. The van der Waals surface area contributed by atoms with Gasteiger partial charge in [0.05, 0.1) is 38.5 Å². The van der Waals surface area contributed by atoms with Crippen molar-refractivity contribution in [3.8, 4) is 34.5 Å². The molecule has 4 atom stereocenters. The number of rotatable bonds is 5. The van der Waals surface area contributed by atoms with Crippen LogP contribution in [-0.4, -0.2) is 43.8 Å². The zero-order valence-electron chi connectivity index (χ0n) is 20.6. The fourth-order valence-corrected chi connectivity index (χ4v) is 5.68. The van der Waals surface area contributed by atoms with Crippen LogP contribution < -0.4 is 30.0 Å². The highest BCUT2D eigenvalue weighted by atomic mass is 35.5. The molecular formula is C27H27ClN2O8. The maximum absolute atomic E-state index is 13.2. The molecule has 11 heteroatoms. The largest absolute Gasteiger partial charge is 0.506 e. The Morgan fingerprint density at radius 2 is 1.61 bits per heavy atom. The fourth-order valence-electron chi connectivity index (χ4n) is 5.68. The number of phenolic OH excluding ortho intramolecular Hbond substituents is 2. The molecule has 3 aromatic carbocycles. The van der Waals surface area contributed by atoms with Crippen LogP contribution in [-0.2, 0) is 9.53 Å². The van der Waals surface area contributed by atoms with Crippen LogP contribution in [0.5, 0.6) is 34.5 Å². The molecule has 2 aliphatic heterocycles. The van der Waals surface area contributed by atoms with Gasteiger partial charge in [0, 0.05) is 17.5 Å². The topological polar surface area (TPSA) is 142 Å². The second kappa shape index (κ2) is 9.60. The van der Waals surface area contributed by atoms with E-state index in [-0.39, 0.29) is 60.7 Å². The number of halogens is 1. The molecule has 1 fully saturated rings. The molecule has 2 heterocycles. The van der Waals surface area contributed by atoms with E-state index in [0.29, 0.717) is 28.4 Å². The van der Waals surface area contributed by atoms with Crippen LogP contribution in [0.1, 0.15) is 28.7 Å². The second-order valence-electron chi connectivity index (χ2n) is 9.30. The summed E-state index contributed by atoms with van der Waals surface area (Å²) in [4.78, 5) is 13.2. The molecule has 0 radical (unpaired) electrons. The highest BCUT2D eigenvalue weighted by Gasteiger charge is 2.53.